The van der Waals surface area contributed by atoms with Crippen molar-refractivity contribution in [1.29, 1.82) is 5.26 Å². The topological polar surface area (TPSA) is 48.2 Å². The van der Waals surface area contributed by atoms with Crippen molar-refractivity contribution in [2.45, 2.75) is 0 Å². The fraction of sp³-hybridized carbons (Fsp3) is 0. The molecule has 0 saturated heterocycles. The molecule has 0 atom stereocenters. The summed E-state index contributed by atoms with van der Waals surface area (Å²) >= 11 is 0. The highest BCUT2D eigenvalue weighted by atomic mass is 19.2. The summed E-state index contributed by atoms with van der Waals surface area (Å²) in [5, 5.41) is 12.4. The Balaban J connectivity index is 2.16. The van der Waals surface area contributed by atoms with Gasteiger partial charge < -0.3 is 0 Å². The Morgan fingerprint density at radius 2 is 1.79 bits per heavy atom. The van der Waals surface area contributed by atoms with Crippen molar-refractivity contribution in [1.82, 2.24) is 0 Å². The lowest BCUT2D eigenvalue weighted by atomic mass is 10.1. The van der Waals surface area contributed by atoms with Gasteiger partial charge in [-0.25, -0.2) is 8.78 Å². The van der Waals surface area contributed by atoms with Crippen LogP contribution in [0.1, 0.15) is 11.1 Å². The number of nitrogens with one attached hydrogen (secondary N) is 1. The monoisotopic (exact) mass is 257 g/mol. The summed E-state index contributed by atoms with van der Waals surface area (Å²) in [6, 6.07) is 13.1. The van der Waals surface area contributed by atoms with E-state index in [2.05, 4.69) is 10.5 Å². The number of nitrogens with zero attached hydrogens (tertiary/aromatic N) is 2. The fourth-order valence-electron chi connectivity index (χ4n) is 1.44. The van der Waals surface area contributed by atoms with Gasteiger partial charge in [-0.1, -0.05) is 18.2 Å². The molecule has 0 aliphatic heterocycles. The summed E-state index contributed by atoms with van der Waals surface area (Å²) in [4.78, 5) is 0. The number of nitriles is 1. The van der Waals surface area contributed by atoms with Crippen LogP contribution >= 0.6 is 0 Å². The van der Waals surface area contributed by atoms with Crippen molar-refractivity contribution >= 4 is 11.9 Å². The Bertz CT molecular complexity index is 646. The van der Waals surface area contributed by atoms with E-state index < -0.39 is 11.6 Å². The van der Waals surface area contributed by atoms with E-state index >= 15 is 0 Å². The Labute approximate surface area is 108 Å². The van der Waals surface area contributed by atoms with E-state index in [-0.39, 0.29) is 11.1 Å². The first-order valence-corrected chi connectivity index (χ1v) is 5.44. The third kappa shape index (κ3) is 2.93. The van der Waals surface area contributed by atoms with Crippen LogP contribution in [0.5, 0.6) is 0 Å². The van der Waals surface area contributed by atoms with E-state index in [1.165, 1.54) is 12.1 Å². The van der Waals surface area contributed by atoms with Gasteiger partial charge in [0.1, 0.15) is 6.07 Å². The molecule has 1 N–H and O–H groups in total. The summed E-state index contributed by atoms with van der Waals surface area (Å²) in [6.45, 7) is 0. The third-order valence-corrected chi connectivity index (χ3v) is 2.40. The summed E-state index contributed by atoms with van der Waals surface area (Å²) in [7, 11) is 0. The number of anilines is 1. The molecule has 2 aromatic carbocycles. The van der Waals surface area contributed by atoms with E-state index in [4.69, 9.17) is 5.26 Å². The van der Waals surface area contributed by atoms with E-state index in [0.29, 0.717) is 0 Å². The van der Waals surface area contributed by atoms with Crippen molar-refractivity contribution in [3.63, 3.8) is 0 Å². The minimum absolute atomic E-state index is 0.0278. The average Bonchev–Trinajstić information content (AvgIpc) is 2.45. The van der Waals surface area contributed by atoms with Crippen LogP contribution in [-0.4, -0.2) is 6.21 Å². The number of para-hydroxylation sites is 1. The van der Waals surface area contributed by atoms with Crippen LogP contribution in [0.15, 0.2) is 47.6 Å². The van der Waals surface area contributed by atoms with Gasteiger partial charge in [0.05, 0.1) is 17.5 Å². The van der Waals surface area contributed by atoms with Crippen molar-refractivity contribution < 1.29 is 8.78 Å². The quantitative estimate of drug-likeness (QED) is 0.677. The summed E-state index contributed by atoms with van der Waals surface area (Å²) in [5.41, 5.74) is 3.06. The lowest BCUT2D eigenvalue weighted by Crippen LogP contribution is -1.98. The lowest BCUT2D eigenvalue weighted by molar-refractivity contribution is 0.505. The largest absolute Gasteiger partial charge is 0.279 e. The van der Waals surface area contributed by atoms with Crippen LogP contribution in [-0.2, 0) is 0 Å². The lowest BCUT2D eigenvalue weighted by Gasteiger charge is -2.01. The van der Waals surface area contributed by atoms with Gasteiger partial charge in [0, 0.05) is 5.56 Å². The third-order valence-electron chi connectivity index (χ3n) is 2.40. The number of hydrogen-bond acceptors (Lipinski definition) is 3. The molecule has 0 spiro atoms. The summed E-state index contributed by atoms with van der Waals surface area (Å²) < 4.78 is 26.9. The number of hydrogen-bond donors (Lipinski definition) is 1. The number of rotatable bonds is 3. The highest BCUT2D eigenvalue weighted by molar-refractivity contribution is 5.80. The van der Waals surface area contributed by atoms with Gasteiger partial charge in [0.2, 0.25) is 0 Å². The van der Waals surface area contributed by atoms with Crippen molar-refractivity contribution in [2.24, 2.45) is 5.10 Å². The molecule has 5 heteroatoms. The molecule has 0 fully saturated rings. The molecule has 0 amide bonds. The predicted molar refractivity (Wildman–Crippen MR) is 68.7 cm³/mol. The second-order valence-corrected chi connectivity index (χ2v) is 3.68. The second kappa shape index (κ2) is 5.74. The Kier molecular flexibility index (Phi) is 3.84. The first kappa shape index (κ1) is 12.7. The number of halogens is 2. The minimum atomic E-state index is -1.16. The van der Waals surface area contributed by atoms with Crippen molar-refractivity contribution in [3.8, 4) is 6.07 Å². The van der Waals surface area contributed by atoms with Crippen LogP contribution in [0.4, 0.5) is 14.5 Å². The molecule has 0 saturated carbocycles. The van der Waals surface area contributed by atoms with Crippen LogP contribution < -0.4 is 5.43 Å². The summed E-state index contributed by atoms with van der Waals surface area (Å²) in [5.74, 6) is -2.25. The molecule has 19 heavy (non-hydrogen) atoms. The molecule has 2 aromatic rings. The van der Waals surface area contributed by atoms with Gasteiger partial charge in [0.25, 0.3) is 0 Å². The van der Waals surface area contributed by atoms with Gasteiger partial charge in [-0.15, -0.1) is 0 Å². The van der Waals surface area contributed by atoms with E-state index in [1.54, 1.807) is 18.2 Å². The standard InChI is InChI=1S/C14H9F2N3/c15-13-10(8-17)6-7-11(14(13)16)9-18-19-12-4-2-1-3-5-12/h1-7,9,19H. The van der Waals surface area contributed by atoms with E-state index in [9.17, 15) is 8.78 Å². The van der Waals surface area contributed by atoms with Gasteiger partial charge >= 0.3 is 0 Å². The maximum Gasteiger partial charge on any atom is 0.177 e. The highest BCUT2D eigenvalue weighted by Crippen LogP contribution is 2.14. The Morgan fingerprint density at radius 3 is 2.47 bits per heavy atom. The van der Waals surface area contributed by atoms with E-state index in [1.807, 2.05) is 18.2 Å². The normalized spacial score (nSPS) is 10.4. The maximum atomic E-state index is 13.5. The Hall–Kier alpha value is -2.74. The fourth-order valence-corrected chi connectivity index (χ4v) is 1.44. The molecule has 0 radical (unpaired) electrons. The first-order chi connectivity index (χ1) is 9.22. The van der Waals surface area contributed by atoms with Gasteiger partial charge in [-0.05, 0) is 24.3 Å². The summed E-state index contributed by atoms with van der Waals surface area (Å²) in [6.07, 6.45) is 1.16. The van der Waals surface area contributed by atoms with Gasteiger partial charge in [-0.3, -0.25) is 5.43 Å². The zero-order valence-electron chi connectivity index (χ0n) is 9.77. The molecule has 0 aliphatic rings. The number of benzene rings is 2. The molecule has 94 valence electrons. The van der Waals surface area contributed by atoms with E-state index in [0.717, 1.165) is 11.9 Å². The average molecular weight is 257 g/mol. The zero-order chi connectivity index (χ0) is 13.7. The van der Waals surface area contributed by atoms with Gasteiger partial charge in [-0.2, -0.15) is 10.4 Å². The minimum Gasteiger partial charge on any atom is -0.279 e. The van der Waals surface area contributed by atoms with Crippen LogP contribution in [0.25, 0.3) is 0 Å². The second-order valence-electron chi connectivity index (χ2n) is 3.68. The van der Waals surface area contributed by atoms with Crippen molar-refractivity contribution in [3.05, 3.63) is 65.2 Å². The predicted octanol–water partition coefficient (Wildman–Crippen LogP) is 3.28. The molecular formula is C14H9F2N3. The Morgan fingerprint density at radius 1 is 1.05 bits per heavy atom. The van der Waals surface area contributed by atoms with Gasteiger partial charge in [0.15, 0.2) is 11.6 Å². The molecule has 0 aromatic heterocycles. The first-order valence-electron chi connectivity index (χ1n) is 5.44. The molecule has 3 nitrogen and oxygen atoms in total. The molecular weight excluding hydrogens is 248 g/mol. The van der Waals surface area contributed by atoms with Crippen LogP contribution in [0.3, 0.4) is 0 Å². The molecule has 0 heterocycles. The maximum absolute atomic E-state index is 13.5. The van der Waals surface area contributed by atoms with Crippen LogP contribution in [0, 0.1) is 23.0 Å². The van der Waals surface area contributed by atoms with Crippen molar-refractivity contribution in [2.75, 3.05) is 5.43 Å². The smallest absolute Gasteiger partial charge is 0.177 e. The highest BCUT2D eigenvalue weighted by Gasteiger charge is 2.11. The van der Waals surface area contributed by atoms with Crippen LogP contribution in [0.2, 0.25) is 0 Å². The molecule has 2 rings (SSSR count). The zero-order valence-corrected chi connectivity index (χ0v) is 9.77. The number of hydrazone groups is 1. The SMILES string of the molecule is N#Cc1ccc(C=NNc2ccccc2)c(F)c1F. The molecule has 0 unspecified atom stereocenters. The molecule has 0 aliphatic carbocycles. The molecule has 0 bridgehead atoms.